The summed E-state index contributed by atoms with van der Waals surface area (Å²) in [6.07, 6.45) is 3.80. The van der Waals surface area contributed by atoms with Crippen LogP contribution in [0.2, 0.25) is 0 Å². The van der Waals surface area contributed by atoms with Gasteiger partial charge in [-0.3, -0.25) is 0 Å². The van der Waals surface area contributed by atoms with Crippen LogP contribution in [0.15, 0.2) is 42.5 Å². The van der Waals surface area contributed by atoms with Gasteiger partial charge in [0.15, 0.2) is 0 Å². The van der Waals surface area contributed by atoms with Crippen LogP contribution in [0.25, 0.3) is 0 Å². The number of esters is 2. The first kappa shape index (κ1) is 18.2. The van der Waals surface area contributed by atoms with Gasteiger partial charge in [-0.05, 0) is 72.3 Å². The van der Waals surface area contributed by atoms with Crippen molar-refractivity contribution in [2.75, 3.05) is 19.5 Å². The van der Waals surface area contributed by atoms with Gasteiger partial charge >= 0.3 is 11.9 Å². The van der Waals surface area contributed by atoms with E-state index < -0.39 is 0 Å². The van der Waals surface area contributed by atoms with Crippen molar-refractivity contribution >= 4 is 17.6 Å². The van der Waals surface area contributed by atoms with Crippen molar-refractivity contribution < 1.29 is 19.1 Å². The predicted molar refractivity (Wildman–Crippen MR) is 109 cm³/mol. The van der Waals surface area contributed by atoms with E-state index >= 15 is 0 Å². The normalized spacial score (nSPS) is 28.8. The Kier molecular flexibility index (Phi) is 4.34. The van der Waals surface area contributed by atoms with Crippen molar-refractivity contribution in [3.05, 3.63) is 64.7 Å². The second kappa shape index (κ2) is 6.90. The van der Waals surface area contributed by atoms with E-state index in [0.717, 1.165) is 11.3 Å². The third kappa shape index (κ3) is 2.75. The molecule has 5 atom stereocenters. The lowest BCUT2D eigenvalue weighted by Gasteiger charge is -2.44. The zero-order valence-electron chi connectivity index (χ0n) is 16.7. The second-order valence-corrected chi connectivity index (χ2v) is 8.43. The maximum atomic E-state index is 12.4. The van der Waals surface area contributed by atoms with E-state index in [-0.39, 0.29) is 18.0 Å². The summed E-state index contributed by atoms with van der Waals surface area (Å²) in [5.74, 6) is 1.69. The molecular formula is C24H25NO4. The van der Waals surface area contributed by atoms with Gasteiger partial charge in [0, 0.05) is 0 Å². The highest BCUT2D eigenvalue weighted by atomic mass is 16.5. The number of benzene rings is 2. The van der Waals surface area contributed by atoms with Crippen molar-refractivity contribution in [2.24, 2.45) is 17.8 Å². The van der Waals surface area contributed by atoms with Crippen LogP contribution in [0.3, 0.4) is 0 Å². The molecule has 1 aliphatic heterocycles. The Morgan fingerprint density at radius 1 is 0.931 bits per heavy atom. The van der Waals surface area contributed by atoms with Gasteiger partial charge < -0.3 is 14.8 Å². The van der Waals surface area contributed by atoms with Crippen LogP contribution in [-0.4, -0.2) is 26.2 Å². The van der Waals surface area contributed by atoms with Crippen LogP contribution in [-0.2, 0) is 9.47 Å². The highest BCUT2D eigenvalue weighted by Crippen LogP contribution is 2.64. The number of nitrogens with one attached hydrogen (secondary N) is 1. The smallest absolute Gasteiger partial charge is 0.339 e. The molecule has 2 saturated carbocycles. The van der Waals surface area contributed by atoms with E-state index in [1.807, 2.05) is 36.4 Å². The molecule has 0 amide bonds. The Bertz CT molecular complexity index is 967. The molecule has 0 unspecified atom stereocenters. The van der Waals surface area contributed by atoms with Crippen LogP contribution in [0.4, 0.5) is 5.69 Å². The zero-order chi connectivity index (χ0) is 20.1. The van der Waals surface area contributed by atoms with Crippen LogP contribution < -0.4 is 5.32 Å². The van der Waals surface area contributed by atoms with Crippen LogP contribution in [0.5, 0.6) is 0 Å². The second-order valence-electron chi connectivity index (χ2n) is 8.43. The van der Waals surface area contributed by atoms with E-state index in [1.54, 1.807) is 0 Å². The Morgan fingerprint density at radius 3 is 2.38 bits per heavy atom. The lowest BCUT2D eigenvalue weighted by Crippen LogP contribution is -2.36. The van der Waals surface area contributed by atoms with Crippen LogP contribution in [0.1, 0.15) is 63.1 Å². The lowest BCUT2D eigenvalue weighted by molar-refractivity contribution is 0.0591. The summed E-state index contributed by atoms with van der Waals surface area (Å²) < 4.78 is 9.87. The molecule has 0 spiro atoms. The molecule has 2 aromatic carbocycles. The third-order valence-electron chi connectivity index (χ3n) is 7.22. The first-order chi connectivity index (χ1) is 14.1. The van der Waals surface area contributed by atoms with E-state index in [1.165, 1.54) is 39.0 Å². The largest absolute Gasteiger partial charge is 0.465 e. The van der Waals surface area contributed by atoms with Gasteiger partial charge in [-0.25, -0.2) is 9.59 Å². The van der Waals surface area contributed by atoms with Gasteiger partial charge in [0.05, 0.1) is 37.1 Å². The van der Waals surface area contributed by atoms with E-state index in [0.29, 0.717) is 34.8 Å². The zero-order valence-corrected chi connectivity index (χ0v) is 16.7. The van der Waals surface area contributed by atoms with Gasteiger partial charge in [-0.2, -0.15) is 0 Å². The molecule has 29 heavy (non-hydrogen) atoms. The summed E-state index contributed by atoms with van der Waals surface area (Å²) in [4.78, 5) is 24.2. The van der Waals surface area contributed by atoms with Gasteiger partial charge in [0.25, 0.3) is 0 Å². The number of ether oxygens (including phenoxy) is 2. The lowest BCUT2D eigenvalue weighted by atomic mass is 9.67. The highest BCUT2D eigenvalue weighted by Gasteiger charge is 2.54. The maximum Gasteiger partial charge on any atom is 0.339 e. The SMILES string of the molecule is COC(=O)c1ccc([C@@H]2Nc3c(C(=O)OC)cccc3[C@H]3[C@H]4CC[C@@H](C4)[C@@H]32)cc1. The quantitative estimate of drug-likeness (QED) is 0.778. The minimum absolute atomic E-state index is 0.111. The molecule has 1 heterocycles. The highest BCUT2D eigenvalue weighted by molar-refractivity contribution is 5.97. The number of carbonyl (C=O) groups excluding carboxylic acids is 2. The average Bonchev–Trinajstić information content (AvgIpc) is 3.40. The van der Waals surface area contributed by atoms with E-state index in [2.05, 4.69) is 11.4 Å². The first-order valence-corrected chi connectivity index (χ1v) is 10.3. The Morgan fingerprint density at radius 2 is 1.66 bits per heavy atom. The summed E-state index contributed by atoms with van der Waals surface area (Å²) >= 11 is 0. The summed E-state index contributed by atoms with van der Waals surface area (Å²) in [6.45, 7) is 0. The number of hydrogen-bond donors (Lipinski definition) is 1. The number of rotatable bonds is 3. The number of carbonyl (C=O) groups is 2. The number of fused-ring (bicyclic) bond motifs is 7. The number of methoxy groups -OCH3 is 2. The Hall–Kier alpha value is -2.82. The molecule has 0 aromatic heterocycles. The van der Waals surface area contributed by atoms with Crippen molar-refractivity contribution in [3.8, 4) is 0 Å². The minimum atomic E-state index is -0.329. The molecular weight excluding hydrogens is 366 g/mol. The number of anilines is 1. The molecule has 5 rings (SSSR count). The van der Waals surface area contributed by atoms with Crippen LogP contribution >= 0.6 is 0 Å². The molecule has 5 nitrogen and oxygen atoms in total. The summed E-state index contributed by atoms with van der Waals surface area (Å²) in [7, 11) is 2.82. The molecule has 1 N–H and O–H groups in total. The van der Waals surface area contributed by atoms with Gasteiger partial charge in [0.1, 0.15) is 0 Å². The molecule has 2 aliphatic carbocycles. The van der Waals surface area contributed by atoms with Gasteiger partial charge in [0.2, 0.25) is 0 Å². The predicted octanol–water partition coefficient (Wildman–Crippen LogP) is 4.56. The fourth-order valence-electron chi connectivity index (χ4n) is 6.07. The number of hydrogen-bond acceptors (Lipinski definition) is 5. The molecule has 2 bridgehead atoms. The van der Waals surface area contributed by atoms with Gasteiger partial charge in [-0.1, -0.05) is 24.3 Å². The van der Waals surface area contributed by atoms with E-state index in [4.69, 9.17) is 9.47 Å². The van der Waals surface area contributed by atoms with Crippen LogP contribution in [0, 0.1) is 17.8 Å². The van der Waals surface area contributed by atoms with E-state index in [9.17, 15) is 9.59 Å². The summed E-state index contributed by atoms with van der Waals surface area (Å²) in [5.41, 5.74) is 4.46. The third-order valence-corrected chi connectivity index (χ3v) is 7.22. The summed E-state index contributed by atoms with van der Waals surface area (Å²) in [5, 5.41) is 3.70. The molecule has 5 heteroatoms. The minimum Gasteiger partial charge on any atom is -0.465 e. The standard InChI is InChI=1S/C24H25NO4/c1-28-23(26)14-8-6-13(7-9-14)21-20-16-11-10-15(12-16)19(20)17-4-3-5-18(22(17)25-21)24(27)29-2/h3-9,15-16,19-21,25H,10-12H2,1-2H3/t15-,16-,19+,20-,21-/m0/s1. The first-order valence-electron chi connectivity index (χ1n) is 10.3. The molecule has 150 valence electrons. The van der Waals surface area contributed by atoms with Crippen molar-refractivity contribution in [1.82, 2.24) is 0 Å². The fourth-order valence-corrected chi connectivity index (χ4v) is 6.07. The molecule has 2 aromatic rings. The van der Waals surface area contributed by atoms with Crippen molar-refractivity contribution in [3.63, 3.8) is 0 Å². The molecule has 0 saturated heterocycles. The van der Waals surface area contributed by atoms with Crippen molar-refractivity contribution in [2.45, 2.75) is 31.2 Å². The summed E-state index contributed by atoms with van der Waals surface area (Å²) in [6, 6.07) is 13.8. The maximum absolute atomic E-state index is 12.4. The topological polar surface area (TPSA) is 64.6 Å². The molecule has 0 radical (unpaired) electrons. The monoisotopic (exact) mass is 391 g/mol. The van der Waals surface area contributed by atoms with Gasteiger partial charge in [-0.15, -0.1) is 0 Å². The Balaban J connectivity index is 1.59. The molecule has 3 aliphatic rings. The fraction of sp³-hybridized carbons (Fsp3) is 0.417. The molecule has 2 fully saturated rings. The Labute approximate surface area is 170 Å². The average molecular weight is 391 g/mol. The van der Waals surface area contributed by atoms with Crippen molar-refractivity contribution in [1.29, 1.82) is 0 Å². The number of para-hydroxylation sites is 1.